The van der Waals surface area contributed by atoms with E-state index in [0.717, 1.165) is 5.56 Å². The molecule has 1 atom stereocenters. The molecule has 1 heterocycles. The first-order valence-corrected chi connectivity index (χ1v) is 11.6. The molecular weight excluding hydrogens is 467 g/mol. The molecule has 166 valence electrons. The number of esters is 1. The van der Waals surface area contributed by atoms with E-state index in [0.29, 0.717) is 43.2 Å². The number of allylic oxidation sites excluding steroid dienone is 2. The normalized spacial score (nSPS) is 15.9. The topological polar surface area (TPSA) is 71.3 Å². The first-order valence-electron chi connectivity index (χ1n) is 9.86. The van der Waals surface area contributed by atoms with Crippen LogP contribution in [0.4, 0.5) is 0 Å². The van der Waals surface area contributed by atoms with Crippen molar-refractivity contribution in [2.45, 2.75) is 18.6 Å². The summed E-state index contributed by atoms with van der Waals surface area (Å²) >= 11 is 14.0. The average Bonchev–Trinajstić information content (AvgIpc) is 2.78. The van der Waals surface area contributed by atoms with Gasteiger partial charge in [0, 0.05) is 28.6 Å². The summed E-state index contributed by atoms with van der Waals surface area (Å²) in [6.07, 6.45) is 0. The SMILES string of the molecule is COCCOC(=O)C1=C(C)NC(SCc2ccc(Cl)cc2)=C(C#N)C1c1ccccc1Cl. The number of methoxy groups -OCH3 is 1. The Hall–Kier alpha value is -2.43. The van der Waals surface area contributed by atoms with Crippen LogP contribution in [0.15, 0.2) is 70.4 Å². The summed E-state index contributed by atoms with van der Waals surface area (Å²) in [5, 5.41) is 15.2. The zero-order chi connectivity index (χ0) is 23.1. The molecule has 0 saturated heterocycles. The number of rotatable bonds is 8. The molecule has 0 saturated carbocycles. The van der Waals surface area contributed by atoms with E-state index in [1.54, 1.807) is 13.0 Å². The molecule has 0 amide bonds. The van der Waals surface area contributed by atoms with Gasteiger partial charge in [-0.2, -0.15) is 5.26 Å². The molecule has 1 aliphatic heterocycles. The number of benzene rings is 2. The van der Waals surface area contributed by atoms with Crippen molar-refractivity contribution in [3.05, 3.63) is 91.6 Å². The molecular formula is C24H22Cl2N2O3S. The molecule has 0 radical (unpaired) electrons. The molecule has 5 nitrogen and oxygen atoms in total. The summed E-state index contributed by atoms with van der Waals surface area (Å²) in [4.78, 5) is 13.0. The standard InChI is InChI=1S/C24H22Cl2N2O3S/c1-15-21(24(29)31-12-11-30-2)22(18-5-3-4-6-20(18)26)19(13-27)23(28-15)32-14-16-7-9-17(25)10-8-16/h3-10,22,28H,11-12,14H2,1-2H3. The summed E-state index contributed by atoms with van der Waals surface area (Å²) in [6, 6.07) is 17.1. The Balaban J connectivity index is 1.99. The van der Waals surface area contributed by atoms with Gasteiger partial charge in [-0.25, -0.2) is 4.79 Å². The summed E-state index contributed by atoms with van der Waals surface area (Å²) < 4.78 is 10.4. The summed E-state index contributed by atoms with van der Waals surface area (Å²) in [5.74, 6) is -0.523. The molecule has 8 heteroatoms. The Morgan fingerprint density at radius 1 is 1.16 bits per heavy atom. The number of hydrogen-bond acceptors (Lipinski definition) is 6. The van der Waals surface area contributed by atoms with Crippen molar-refractivity contribution in [1.29, 1.82) is 5.26 Å². The lowest BCUT2D eigenvalue weighted by atomic mass is 9.82. The third-order valence-corrected chi connectivity index (χ3v) is 6.59. The molecule has 32 heavy (non-hydrogen) atoms. The summed E-state index contributed by atoms with van der Waals surface area (Å²) in [5.41, 5.74) is 3.14. The van der Waals surface area contributed by atoms with E-state index in [4.69, 9.17) is 32.7 Å². The number of nitrogens with one attached hydrogen (secondary N) is 1. The fourth-order valence-electron chi connectivity index (χ4n) is 3.35. The Kier molecular flexibility index (Phi) is 8.66. The number of ether oxygens (including phenoxy) is 2. The minimum atomic E-state index is -0.641. The number of carbonyl (C=O) groups is 1. The van der Waals surface area contributed by atoms with Crippen LogP contribution in [-0.2, 0) is 20.0 Å². The molecule has 0 bridgehead atoms. The Morgan fingerprint density at radius 3 is 2.53 bits per heavy atom. The van der Waals surface area contributed by atoms with Crippen molar-refractivity contribution in [1.82, 2.24) is 5.32 Å². The quantitative estimate of drug-likeness (QED) is 0.373. The maximum Gasteiger partial charge on any atom is 0.336 e. The fraction of sp³-hybridized carbons (Fsp3) is 0.250. The number of carbonyl (C=O) groups excluding carboxylic acids is 1. The van der Waals surface area contributed by atoms with Crippen LogP contribution >= 0.6 is 35.0 Å². The highest BCUT2D eigenvalue weighted by Crippen LogP contribution is 2.43. The van der Waals surface area contributed by atoms with Crippen LogP contribution in [0.2, 0.25) is 10.0 Å². The van der Waals surface area contributed by atoms with Gasteiger partial charge in [-0.1, -0.05) is 53.5 Å². The van der Waals surface area contributed by atoms with Crippen LogP contribution in [0.25, 0.3) is 0 Å². The van der Waals surface area contributed by atoms with Gasteiger partial charge in [-0.15, -0.1) is 11.8 Å². The van der Waals surface area contributed by atoms with Crippen molar-refractivity contribution < 1.29 is 14.3 Å². The molecule has 1 aliphatic rings. The number of nitriles is 1. The largest absolute Gasteiger partial charge is 0.460 e. The van der Waals surface area contributed by atoms with Crippen molar-refractivity contribution >= 4 is 40.9 Å². The number of halogens is 2. The highest BCUT2D eigenvalue weighted by Gasteiger charge is 2.36. The Bertz CT molecular complexity index is 1090. The maximum atomic E-state index is 13.0. The highest BCUT2D eigenvalue weighted by molar-refractivity contribution is 8.02. The number of hydrogen-bond donors (Lipinski definition) is 1. The van der Waals surface area contributed by atoms with Crippen LogP contribution < -0.4 is 5.32 Å². The van der Waals surface area contributed by atoms with Crippen LogP contribution in [0.3, 0.4) is 0 Å². The van der Waals surface area contributed by atoms with Gasteiger partial charge in [0.05, 0.1) is 34.8 Å². The molecule has 3 rings (SSSR count). The van der Waals surface area contributed by atoms with Crippen molar-refractivity contribution in [3.8, 4) is 6.07 Å². The second-order valence-corrected chi connectivity index (χ2v) is 8.85. The summed E-state index contributed by atoms with van der Waals surface area (Å²) in [7, 11) is 1.54. The third-order valence-electron chi connectivity index (χ3n) is 4.90. The van der Waals surface area contributed by atoms with Gasteiger partial charge < -0.3 is 14.8 Å². The lowest BCUT2D eigenvalue weighted by molar-refractivity contribution is -0.140. The lowest BCUT2D eigenvalue weighted by Crippen LogP contribution is -2.29. The second-order valence-electron chi connectivity index (χ2n) is 7.02. The van der Waals surface area contributed by atoms with Crippen molar-refractivity contribution in [3.63, 3.8) is 0 Å². The van der Waals surface area contributed by atoms with Crippen LogP contribution in [-0.4, -0.2) is 26.3 Å². The number of nitrogens with zero attached hydrogens (tertiary/aromatic N) is 1. The van der Waals surface area contributed by atoms with E-state index in [1.165, 1.54) is 18.9 Å². The van der Waals surface area contributed by atoms with Gasteiger partial charge in [0.1, 0.15) is 6.61 Å². The van der Waals surface area contributed by atoms with E-state index in [1.807, 2.05) is 42.5 Å². The van der Waals surface area contributed by atoms with Crippen molar-refractivity contribution in [2.24, 2.45) is 0 Å². The summed E-state index contributed by atoms with van der Waals surface area (Å²) in [6.45, 7) is 2.20. The molecule has 2 aromatic rings. The molecule has 1 unspecified atom stereocenters. The molecule has 0 spiro atoms. The molecule has 0 aromatic heterocycles. The zero-order valence-corrected chi connectivity index (χ0v) is 20.0. The van der Waals surface area contributed by atoms with Gasteiger partial charge >= 0.3 is 5.97 Å². The van der Waals surface area contributed by atoms with E-state index in [-0.39, 0.29) is 13.2 Å². The average molecular weight is 489 g/mol. The van der Waals surface area contributed by atoms with Crippen LogP contribution in [0.5, 0.6) is 0 Å². The first kappa shape index (κ1) is 24.2. The van der Waals surface area contributed by atoms with Gasteiger partial charge in [-0.05, 0) is 36.2 Å². The Labute approximate surface area is 202 Å². The molecule has 1 N–H and O–H groups in total. The van der Waals surface area contributed by atoms with E-state index < -0.39 is 11.9 Å². The van der Waals surface area contributed by atoms with Gasteiger partial charge in [0.15, 0.2) is 0 Å². The van der Waals surface area contributed by atoms with E-state index in [2.05, 4.69) is 11.4 Å². The minimum Gasteiger partial charge on any atom is -0.460 e. The smallest absolute Gasteiger partial charge is 0.336 e. The first-order chi connectivity index (χ1) is 15.5. The van der Waals surface area contributed by atoms with Crippen molar-refractivity contribution in [2.75, 3.05) is 20.3 Å². The maximum absolute atomic E-state index is 13.0. The molecule has 0 fully saturated rings. The molecule has 2 aromatic carbocycles. The molecule has 0 aliphatic carbocycles. The highest BCUT2D eigenvalue weighted by atomic mass is 35.5. The number of thioether (sulfide) groups is 1. The van der Waals surface area contributed by atoms with Crippen LogP contribution in [0.1, 0.15) is 24.0 Å². The Morgan fingerprint density at radius 2 is 1.88 bits per heavy atom. The lowest BCUT2D eigenvalue weighted by Gasteiger charge is -2.30. The van der Waals surface area contributed by atoms with E-state index in [9.17, 15) is 10.1 Å². The fourth-order valence-corrected chi connectivity index (χ4v) is 4.77. The third kappa shape index (κ3) is 5.67. The predicted molar refractivity (Wildman–Crippen MR) is 128 cm³/mol. The number of dihydropyridines is 1. The van der Waals surface area contributed by atoms with E-state index >= 15 is 0 Å². The van der Waals surface area contributed by atoms with Gasteiger partial charge in [0.2, 0.25) is 0 Å². The van der Waals surface area contributed by atoms with Gasteiger partial charge in [0.25, 0.3) is 0 Å². The monoisotopic (exact) mass is 488 g/mol. The second kappa shape index (κ2) is 11.4. The van der Waals surface area contributed by atoms with Gasteiger partial charge in [-0.3, -0.25) is 0 Å². The van der Waals surface area contributed by atoms with Crippen LogP contribution in [0, 0.1) is 11.3 Å². The zero-order valence-electron chi connectivity index (χ0n) is 17.7. The predicted octanol–water partition coefficient (Wildman–Crippen LogP) is 5.81. The minimum absolute atomic E-state index is 0.116.